The van der Waals surface area contributed by atoms with Crippen molar-refractivity contribution in [3.8, 4) is 0 Å². The Bertz CT molecular complexity index is 524. The van der Waals surface area contributed by atoms with Crippen molar-refractivity contribution in [2.45, 2.75) is 32.2 Å². The van der Waals surface area contributed by atoms with Crippen LogP contribution in [0.5, 0.6) is 0 Å². The van der Waals surface area contributed by atoms with Crippen LogP contribution in [0.25, 0.3) is 0 Å². The lowest BCUT2D eigenvalue weighted by Crippen LogP contribution is -2.34. The third-order valence-electron chi connectivity index (χ3n) is 3.51. The van der Waals surface area contributed by atoms with Crippen molar-refractivity contribution in [1.82, 2.24) is 10.3 Å². The van der Waals surface area contributed by atoms with E-state index >= 15 is 0 Å². The standard InChI is InChI=1S/C17H22ClN3/c1-2-8-21-15(10-13-5-3-4-6-16(13)18)11-14-12-20-9-7-17(14)19/h3-7,9,12,15,21H,2,8,10-11H2,1H3,(H2,19,20). The summed E-state index contributed by atoms with van der Waals surface area (Å²) in [6, 6.07) is 10.1. The molecular weight excluding hydrogens is 282 g/mol. The molecule has 1 aromatic carbocycles. The van der Waals surface area contributed by atoms with E-state index in [4.69, 9.17) is 17.3 Å². The largest absolute Gasteiger partial charge is 0.398 e. The number of nitrogens with zero attached hydrogens (tertiary/aromatic N) is 1. The summed E-state index contributed by atoms with van der Waals surface area (Å²) < 4.78 is 0. The highest BCUT2D eigenvalue weighted by molar-refractivity contribution is 6.31. The molecule has 2 aromatic rings. The summed E-state index contributed by atoms with van der Waals surface area (Å²) in [7, 11) is 0. The zero-order valence-electron chi connectivity index (χ0n) is 12.3. The SMILES string of the molecule is CCCNC(Cc1cnccc1N)Cc1ccccc1Cl. The van der Waals surface area contributed by atoms with Crippen molar-refractivity contribution in [1.29, 1.82) is 0 Å². The highest BCUT2D eigenvalue weighted by atomic mass is 35.5. The minimum absolute atomic E-state index is 0.302. The van der Waals surface area contributed by atoms with Crippen LogP contribution in [-0.4, -0.2) is 17.6 Å². The first-order valence-corrected chi connectivity index (χ1v) is 7.73. The van der Waals surface area contributed by atoms with Crippen LogP contribution in [0.3, 0.4) is 0 Å². The second-order valence-corrected chi connectivity index (χ2v) is 5.63. The highest BCUT2D eigenvalue weighted by Crippen LogP contribution is 2.19. The highest BCUT2D eigenvalue weighted by Gasteiger charge is 2.13. The summed E-state index contributed by atoms with van der Waals surface area (Å²) in [5.74, 6) is 0. The van der Waals surface area contributed by atoms with Gasteiger partial charge >= 0.3 is 0 Å². The van der Waals surface area contributed by atoms with Gasteiger partial charge in [0.1, 0.15) is 0 Å². The van der Waals surface area contributed by atoms with Gasteiger partial charge in [-0.25, -0.2) is 0 Å². The summed E-state index contributed by atoms with van der Waals surface area (Å²) >= 11 is 6.27. The Balaban J connectivity index is 2.11. The minimum atomic E-state index is 0.302. The first-order chi connectivity index (χ1) is 10.2. The van der Waals surface area contributed by atoms with E-state index in [1.165, 1.54) is 0 Å². The second-order valence-electron chi connectivity index (χ2n) is 5.23. The quantitative estimate of drug-likeness (QED) is 0.823. The first kappa shape index (κ1) is 15.8. The second kappa shape index (κ2) is 8.01. The number of anilines is 1. The molecule has 0 aliphatic rings. The van der Waals surface area contributed by atoms with Crippen molar-refractivity contribution in [2.75, 3.05) is 12.3 Å². The first-order valence-electron chi connectivity index (χ1n) is 7.36. The number of nitrogen functional groups attached to an aromatic ring is 1. The molecule has 0 bridgehead atoms. The fourth-order valence-electron chi connectivity index (χ4n) is 2.37. The van der Waals surface area contributed by atoms with Crippen LogP contribution < -0.4 is 11.1 Å². The molecule has 0 fully saturated rings. The van der Waals surface area contributed by atoms with Crippen molar-refractivity contribution < 1.29 is 0 Å². The van der Waals surface area contributed by atoms with Gasteiger partial charge in [0.15, 0.2) is 0 Å². The number of benzene rings is 1. The van der Waals surface area contributed by atoms with Gasteiger partial charge in [-0.15, -0.1) is 0 Å². The van der Waals surface area contributed by atoms with E-state index in [9.17, 15) is 0 Å². The molecule has 0 aliphatic heterocycles. The molecule has 4 heteroatoms. The van der Waals surface area contributed by atoms with Crippen molar-refractivity contribution >= 4 is 17.3 Å². The van der Waals surface area contributed by atoms with Gasteiger partial charge in [0.2, 0.25) is 0 Å². The number of halogens is 1. The van der Waals surface area contributed by atoms with Crippen LogP contribution in [-0.2, 0) is 12.8 Å². The van der Waals surface area contributed by atoms with E-state index in [1.807, 2.05) is 30.5 Å². The molecular formula is C17H22ClN3. The summed E-state index contributed by atoms with van der Waals surface area (Å²) in [4.78, 5) is 4.17. The average Bonchev–Trinajstić information content (AvgIpc) is 2.49. The Morgan fingerprint density at radius 3 is 2.67 bits per heavy atom. The Morgan fingerprint density at radius 2 is 1.95 bits per heavy atom. The summed E-state index contributed by atoms with van der Waals surface area (Å²) in [6.07, 6.45) is 6.41. The Hall–Kier alpha value is -1.58. The molecule has 112 valence electrons. The van der Waals surface area contributed by atoms with Gasteiger partial charge < -0.3 is 11.1 Å². The van der Waals surface area contributed by atoms with Crippen LogP contribution >= 0.6 is 11.6 Å². The summed E-state index contributed by atoms with van der Waals surface area (Å²) in [5, 5.41) is 4.40. The Morgan fingerprint density at radius 1 is 1.19 bits per heavy atom. The van der Waals surface area contributed by atoms with Gasteiger partial charge in [-0.05, 0) is 49.1 Å². The number of hydrogen-bond donors (Lipinski definition) is 2. The van der Waals surface area contributed by atoms with Gasteiger partial charge in [0, 0.05) is 29.1 Å². The van der Waals surface area contributed by atoms with E-state index in [0.717, 1.165) is 47.6 Å². The molecule has 3 nitrogen and oxygen atoms in total. The molecule has 0 amide bonds. The smallest absolute Gasteiger partial charge is 0.0438 e. The van der Waals surface area contributed by atoms with Gasteiger partial charge in [-0.3, -0.25) is 4.98 Å². The maximum atomic E-state index is 6.27. The normalized spacial score (nSPS) is 12.3. The van der Waals surface area contributed by atoms with Crippen LogP contribution in [0, 0.1) is 0 Å². The number of aromatic nitrogens is 1. The van der Waals surface area contributed by atoms with Crippen molar-refractivity contribution in [3.63, 3.8) is 0 Å². The fraction of sp³-hybridized carbons (Fsp3) is 0.353. The van der Waals surface area contributed by atoms with E-state index in [1.54, 1.807) is 6.20 Å². The number of nitrogens with two attached hydrogens (primary N) is 1. The predicted molar refractivity (Wildman–Crippen MR) is 89.6 cm³/mol. The van der Waals surface area contributed by atoms with Crippen LogP contribution in [0.2, 0.25) is 5.02 Å². The Labute approximate surface area is 131 Å². The zero-order valence-corrected chi connectivity index (χ0v) is 13.1. The lowest BCUT2D eigenvalue weighted by Gasteiger charge is -2.20. The van der Waals surface area contributed by atoms with E-state index in [2.05, 4.69) is 23.3 Å². The molecule has 21 heavy (non-hydrogen) atoms. The predicted octanol–water partition coefficient (Wildman–Crippen LogP) is 3.47. The maximum Gasteiger partial charge on any atom is 0.0438 e. The van der Waals surface area contributed by atoms with Gasteiger partial charge in [0.05, 0.1) is 0 Å². The van der Waals surface area contributed by atoms with Crippen LogP contribution in [0.15, 0.2) is 42.7 Å². The molecule has 0 spiro atoms. The van der Waals surface area contributed by atoms with E-state index in [0.29, 0.717) is 6.04 Å². The molecule has 0 saturated carbocycles. The molecule has 3 N–H and O–H groups in total. The van der Waals surface area contributed by atoms with Gasteiger partial charge in [0.25, 0.3) is 0 Å². The number of hydrogen-bond acceptors (Lipinski definition) is 3. The third-order valence-corrected chi connectivity index (χ3v) is 3.88. The molecule has 2 rings (SSSR count). The van der Waals surface area contributed by atoms with Crippen LogP contribution in [0.1, 0.15) is 24.5 Å². The zero-order chi connectivity index (χ0) is 15.1. The van der Waals surface area contributed by atoms with Crippen molar-refractivity contribution in [3.05, 3.63) is 58.9 Å². The molecule has 0 saturated heterocycles. The van der Waals surface area contributed by atoms with Crippen LogP contribution in [0.4, 0.5) is 5.69 Å². The monoisotopic (exact) mass is 303 g/mol. The molecule has 0 radical (unpaired) electrons. The molecule has 1 heterocycles. The maximum absolute atomic E-state index is 6.27. The third kappa shape index (κ3) is 4.73. The van der Waals surface area contributed by atoms with Gasteiger partial charge in [-0.1, -0.05) is 36.7 Å². The summed E-state index contributed by atoms with van der Waals surface area (Å²) in [6.45, 7) is 3.15. The number of nitrogens with one attached hydrogen (secondary N) is 1. The number of pyridine rings is 1. The minimum Gasteiger partial charge on any atom is -0.398 e. The average molecular weight is 304 g/mol. The van der Waals surface area contributed by atoms with Crippen molar-refractivity contribution in [2.24, 2.45) is 0 Å². The molecule has 1 atom stereocenters. The number of rotatable bonds is 7. The van der Waals surface area contributed by atoms with E-state index < -0.39 is 0 Å². The Kier molecular flexibility index (Phi) is 6.03. The fourth-order valence-corrected chi connectivity index (χ4v) is 2.58. The topological polar surface area (TPSA) is 50.9 Å². The summed E-state index contributed by atoms with van der Waals surface area (Å²) in [5.41, 5.74) is 9.07. The molecule has 1 unspecified atom stereocenters. The van der Waals surface area contributed by atoms with Gasteiger partial charge in [-0.2, -0.15) is 0 Å². The molecule has 0 aliphatic carbocycles. The van der Waals surface area contributed by atoms with E-state index in [-0.39, 0.29) is 0 Å². The lowest BCUT2D eigenvalue weighted by atomic mass is 9.99. The lowest BCUT2D eigenvalue weighted by molar-refractivity contribution is 0.505. The molecule has 1 aromatic heterocycles.